The van der Waals surface area contributed by atoms with Crippen molar-refractivity contribution in [1.82, 2.24) is 0 Å². The normalized spacial score (nSPS) is 13.6. The molecule has 1 heterocycles. The molecule has 3 aromatic rings. The van der Waals surface area contributed by atoms with Gasteiger partial charge in [0.2, 0.25) is 6.41 Å². The molecule has 2 unspecified atom stereocenters. The second kappa shape index (κ2) is 6.89. The van der Waals surface area contributed by atoms with E-state index in [1.54, 1.807) is 11.2 Å². The van der Waals surface area contributed by atoms with E-state index in [2.05, 4.69) is 0 Å². The van der Waals surface area contributed by atoms with Gasteiger partial charge >= 0.3 is 0 Å². The van der Waals surface area contributed by atoms with Gasteiger partial charge in [-0.3, -0.25) is 4.79 Å². The van der Waals surface area contributed by atoms with Crippen molar-refractivity contribution in [2.24, 2.45) is 5.73 Å². The van der Waals surface area contributed by atoms with Gasteiger partial charge in [-0.05, 0) is 49.6 Å². The molecule has 2 atom stereocenters. The predicted molar refractivity (Wildman–Crippen MR) is 97.0 cm³/mol. The first-order chi connectivity index (χ1) is 11.6. The Labute approximate surface area is 141 Å². The zero-order chi connectivity index (χ0) is 17.1. The van der Waals surface area contributed by atoms with Gasteiger partial charge in [-0.2, -0.15) is 0 Å². The van der Waals surface area contributed by atoms with Crippen LogP contribution in [0.5, 0.6) is 0 Å². The molecule has 0 radical (unpaired) electrons. The van der Waals surface area contributed by atoms with Gasteiger partial charge in [0, 0.05) is 17.1 Å². The molecule has 0 saturated heterocycles. The number of hydrogen-bond acceptors (Lipinski definition) is 3. The topological polar surface area (TPSA) is 59.5 Å². The molecule has 1 amide bonds. The zero-order valence-electron chi connectivity index (χ0n) is 14.0. The smallest absolute Gasteiger partial charge is 0.214 e. The second-order valence-electron chi connectivity index (χ2n) is 6.22. The maximum Gasteiger partial charge on any atom is 0.214 e. The molecule has 0 saturated carbocycles. The minimum absolute atomic E-state index is 0.0183. The van der Waals surface area contributed by atoms with Crippen LogP contribution in [0.25, 0.3) is 11.0 Å². The first kappa shape index (κ1) is 16.3. The van der Waals surface area contributed by atoms with Crippen LogP contribution in [0.1, 0.15) is 31.0 Å². The highest BCUT2D eigenvalue weighted by molar-refractivity contribution is 5.88. The Morgan fingerprint density at radius 3 is 2.58 bits per heavy atom. The fourth-order valence-corrected chi connectivity index (χ4v) is 3.05. The third-order valence-corrected chi connectivity index (χ3v) is 4.27. The van der Waals surface area contributed by atoms with Gasteiger partial charge in [-0.25, -0.2) is 0 Å². The van der Waals surface area contributed by atoms with E-state index >= 15 is 0 Å². The Balaban J connectivity index is 2.04. The van der Waals surface area contributed by atoms with Crippen LogP contribution >= 0.6 is 0 Å². The molecule has 2 aromatic carbocycles. The molecule has 3 rings (SSSR count). The lowest BCUT2D eigenvalue weighted by atomic mass is 10.0. The van der Waals surface area contributed by atoms with E-state index in [9.17, 15) is 4.79 Å². The Morgan fingerprint density at radius 1 is 1.17 bits per heavy atom. The number of benzene rings is 2. The fourth-order valence-electron chi connectivity index (χ4n) is 3.05. The summed E-state index contributed by atoms with van der Waals surface area (Å²) in [5.74, 6) is 0. The van der Waals surface area contributed by atoms with Crippen molar-refractivity contribution in [1.29, 1.82) is 0 Å². The third kappa shape index (κ3) is 3.19. The number of anilines is 1. The van der Waals surface area contributed by atoms with Crippen LogP contribution in [0.15, 0.2) is 59.2 Å². The highest BCUT2D eigenvalue weighted by atomic mass is 16.3. The lowest BCUT2D eigenvalue weighted by molar-refractivity contribution is -0.107. The number of nitrogens with two attached hydrogens (primary N) is 1. The van der Waals surface area contributed by atoms with Gasteiger partial charge in [-0.1, -0.05) is 30.3 Å². The highest BCUT2D eigenvalue weighted by Crippen LogP contribution is 2.31. The molecule has 1 aromatic heterocycles. The molecule has 124 valence electrons. The fraction of sp³-hybridized carbons (Fsp3) is 0.250. The summed E-state index contributed by atoms with van der Waals surface area (Å²) in [5.41, 5.74) is 9.77. The largest absolute Gasteiger partial charge is 0.464 e. The van der Waals surface area contributed by atoms with Gasteiger partial charge < -0.3 is 15.1 Å². The van der Waals surface area contributed by atoms with E-state index in [4.69, 9.17) is 10.2 Å². The minimum atomic E-state index is -0.0591. The van der Waals surface area contributed by atoms with Crippen molar-refractivity contribution in [2.45, 2.75) is 32.4 Å². The van der Waals surface area contributed by atoms with Crippen molar-refractivity contribution in [3.63, 3.8) is 0 Å². The molecule has 0 aliphatic rings. The maximum atomic E-state index is 11.8. The molecule has 0 aliphatic heterocycles. The van der Waals surface area contributed by atoms with Crippen molar-refractivity contribution in [3.8, 4) is 0 Å². The maximum absolute atomic E-state index is 11.8. The average Bonchev–Trinajstić information content (AvgIpc) is 3.04. The van der Waals surface area contributed by atoms with Crippen LogP contribution in [0.4, 0.5) is 5.69 Å². The first-order valence-corrected chi connectivity index (χ1v) is 8.14. The molecular formula is C20H22N2O2. The minimum Gasteiger partial charge on any atom is -0.464 e. The number of nitrogens with zero attached hydrogens (tertiary/aromatic N) is 1. The summed E-state index contributed by atoms with van der Waals surface area (Å²) in [6.45, 7) is 3.99. The van der Waals surface area contributed by atoms with Crippen LogP contribution in [0.3, 0.4) is 0 Å². The van der Waals surface area contributed by atoms with Crippen LogP contribution in [0, 0.1) is 0 Å². The molecule has 0 fully saturated rings. The number of hydrogen-bond donors (Lipinski definition) is 1. The SMILES string of the molecule is CC(N)Cc1cc(N(C=O)C(C)c2ccccc2)cc2ccoc12. The second-order valence-corrected chi connectivity index (χ2v) is 6.22. The summed E-state index contributed by atoms with van der Waals surface area (Å²) in [4.78, 5) is 13.5. The average molecular weight is 322 g/mol. The van der Waals surface area contributed by atoms with Crippen LogP contribution in [-0.4, -0.2) is 12.5 Å². The molecular weight excluding hydrogens is 300 g/mol. The number of carbonyl (C=O) groups is 1. The van der Waals surface area contributed by atoms with Crippen LogP contribution in [0.2, 0.25) is 0 Å². The van der Waals surface area contributed by atoms with E-state index < -0.39 is 0 Å². The van der Waals surface area contributed by atoms with E-state index in [0.29, 0.717) is 6.42 Å². The highest BCUT2D eigenvalue weighted by Gasteiger charge is 2.18. The molecule has 4 nitrogen and oxygen atoms in total. The Kier molecular flexibility index (Phi) is 4.67. The predicted octanol–water partition coefficient (Wildman–Crippen LogP) is 4.05. The zero-order valence-corrected chi connectivity index (χ0v) is 14.0. The lowest BCUT2D eigenvalue weighted by Gasteiger charge is -2.26. The third-order valence-electron chi connectivity index (χ3n) is 4.27. The van der Waals surface area contributed by atoms with Crippen molar-refractivity contribution in [3.05, 3.63) is 65.9 Å². The van der Waals surface area contributed by atoms with Gasteiger partial charge in [0.25, 0.3) is 0 Å². The monoisotopic (exact) mass is 322 g/mol. The standard InChI is InChI=1S/C20H22N2O2/c1-14(21)10-18-12-19(11-17-8-9-24-20(17)18)22(13-23)15(2)16-6-4-3-5-7-16/h3-9,11-15H,10,21H2,1-2H3. The number of amides is 1. The van der Waals surface area contributed by atoms with E-state index in [0.717, 1.165) is 34.2 Å². The summed E-state index contributed by atoms with van der Waals surface area (Å²) < 4.78 is 5.60. The first-order valence-electron chi connectivity index (χ1n) is 8.14. The van der Waals surface area contributed by atoms with Crippen molar-refractivity contribution < 1.29 is 9.21 Å². The summed E-state index contributed by atoms with van der Waals surface area (Å²) in [7, 11) is 0. The molecule has 0 aliphatic carbocycles. The summed E-state index contributed by atoms with van der Waals surface area (Å²) >= 11 is 0. The van der Waals surface area contributed by atoms with Gasteiger partial charge in [0.15, 0.2) is 0 Å². The molecule has 2 N–H and O–H groups in total. The lowest BCUT2D eigenvalue weighted by Crippen LogP contribution is -2.25. The Morgan fingerprint density at radius 2 is 1.92 bits per heavy atom. The van der Waals surface area contributed by atoms with E-state index in [-0.39, 0.29) is 12.1 Å². The van der Waals surface area contributed by atoms with E-state index in [1.165, 1.54) is 0 Å². The van der Waals surface area contributed by atoms with Gasteiger partial charge in [0.05, 0.1) is 12.3 Å². The van der Waals surface area contributed by atoms with Gasteiger partial charge in [0.1, 0.15) is 5.58 Å². The number of rotatable bonds is 6. The number of fused-ring (bicyclic) bond motifs is 1. The van der Waals surface area contributed by atoms with Crippen molar-refractivity contribution in [2.75, 3.05) is 4.90 Å². The van der Waals surface area contributed by atoms with Crippen LogP contribution in [-0.2, 0) is 11.2 Å². The summed E-state index contributed by atoms with van der Waals surface area (Å²) in [5, 5.41) is 0.982. The van der Waals surface area contributed by atoms with Gasteiger partial charge in [-0.15, -0.1) is 0 Å². The Bertz CT molecular complexity index is 824. The molecule has 0 spiro atoms. The molecule has 4 heteroatoms. The number of furan rings is 1. The van der Waals surface area contributed by atoms with Crippen LogP contribution < -0.4 is 10.6 Å². The molecule has 0 bridgehead atoms. The number of carbonyl (C=O) groups excluding carboxylic acids is 1. The quantitative estimate of drug-likeness (QED) is 0.697. The Hall–Kier alpha value is -2.59. The molecule has 24 heavy (non-hydrogen) atoms. The summed E-state index contributed by atoms with van der Waals surface area (Å²) in [6.07, 6.45) is 3.25. The van der Waals surface area contributed by atoms with E-state index in [1.807, 2.05) is 62.4 Å². The summed E-state index contributed by atoms with van der Waals surface area (Å²) in [6, 6.07) is 15.9. The van der Waals surface area contributed by atoms with Crippen molar-refractivity contribution >= 4 is 23.1 Å².